The molecule has 0 aliphatic carbocycles. The summed E-state index contributed by atoms with van der Waals surface area (Å²) in [5.41, 5.74) is 5.99. The number of hydrogen-bond donors (Lipinski definition) is 1. The Morgan fingerprint density at radius 2 is 2.19 bits per heavy atom. The second-order valence-electron chi connectivity index (χ2n) is 4.02. The van der Waals surface area contributed by atoms with Crippen LogP contribution in [0.5, 0.6) is 0 Å². The van der Waals surface area contributed by atoms with Gasteiger partial charge in [0.1, 0.15) is 5.82 Å². The van der Waals surface area contributed by atoms with Crippen molar-refractivity contribution < 1.29 is 4.39 Å². The molecular formula is C13H20FNS. The smallest absolute Gasteiger partial charge is 0.124 e. The van der Waals surface area contributed by atoms with Crippen molar-refractivity contribution in [2.75, 3.05) is 5.75 Å². The molecule has 0 saturated carbocycles. The van der Waals surface area contributed by atoms with E-state index >= 15 is 0 Å². The van der Waals surface area contributed by atoms with E-state index in [-0.39, 0.29) is 11.9 Å². The molecule has 0 bridgehead atoms. The first kappa shape index (κ1) is 13.5. The van der Waals surface area contributed by atoms with Crippen LogP contribution < -0.4 is 5.73 Å². The Morgan fingerprint density at radius 3 is 2.88 bits per heavy atom. The minimum atomic E-state index is -0.176. The van der Waals surface area contributed by atoms with Gasteiger partial charge in [0.25, 0.3) is 0 Å². The van der Waals surface area contributed by atoms with Crippen molar-refractivity contribution >= 4 is 11.8 Å². The van der Waals surface area contributed by atoms with Crippen LogP contribution in [0.15, 0.2) is 29.2 Å². The normalized spacial score (nSPS) is 12.7. The van der Waals surface area contributed by atoms with Crippen LogP contribution in [0.4, 0.5) is 4.39 Å². The van der Waals surface area contributed by atoms with Crippen LogP contribution in [0.3, 0.4) is 0 Å². The monoisotopic (exact) mass is 241 g/mol. The predicted octanol–water partition coefficient (Wildman–Crippen LogP) is 3.83. The van der Waals surface area contributed by atoms with Gasteiger partial charge >= 0.3 is 0 Å². The minimum absolute atomic E-state index is 0.176. The maximum atomic E-state index is 12.9. The average molecular weight is 241 g/mol. The van der Waals surface area contributed by atoms with E-state index < -0.39 is 0 Å². The molecular weight excluding hydrogens is 221 g/mol. The Bertz CT molecular complexity index is 304. The van der Waals surface area contributed by atoms with E-state index in [2.05, 4.69) is 6.92 Å². The lowest BCUT2D eigenvalue weighted by atomic mass is 10.1. The molecule has 1 nitrogen and oxygen atoms in total. The molecule has 1 aromatic carbocycles. The fourth-order valence-electron chi connectivity index (χ4n) is 1.50. The predicted molar refractivity (Wildman–Crippen MR) is 69.2 cm³/mol. The van der Waals surface area contributed by atoms with Crippen molar-refractivity contribution in [1.29, 1.82) is 0 Å². The van der Waals surface area contributed by atoms with Gasteiger partial charge in [0, 0.05) is 16.7 Å². The summed E-state index contributed by atoms with van der Waals surface area (Å²) in [6.07, 6.45) is 4.74. The van der Waals surface area contributed by atoms with Gasteiger partial charge in [0.2, 0.25) is 0 Å². The Balaban J connectivity index is 2.23. The molecule has 2 N–H and O–H groups in total. The van der Waals surface area contributed by atoms with Crippen molar-refractivity contribution in [3.8, 4) is 0 Å². The number of rotatable bonds is 7. The van der Waals surface area contributed by atoms with Crippen LogP contribution in [-0.4, -0.2) is 11.8 Å². The summed E-state index contributed by atoms with van der Waals surface area (Å²) in [6.45, 7) is 2.19. The molecule has 0 amide bonds. The summed E-state index contributed by atoms with van der Waals surface area (Å²) in [6, 6.07) is 6.90. The van der Waals surface area contributed by atoms with Crippen LogP contribution in [0.2, 0.25) is 0 Å². The van der Waals surface area contributed by atoms with E-state index in [4.69, 9.17) is 5.73 Å². The number of halogens is 1. The molecule has 0 spiro atoms. The second-order valence-corrected chi connectivity index (χ2v) is 5.12. The highest BCUT2D eigenvalue weighted by Gasteiger charge is 2.03. The summed E-state index contributed by atoms with van der Waals surface area (Å²) >= 11 is 1.64. The first-order valence-corrected chi connectivity index (χ1v) is 6.85. The summed E-state index contributed by atoms with van der Waals surface area (Å²) < 4.78 is 12.9. The quantitative estimate of drug-likeness (QED) is 0.580. The van der Waals surface area contributed by atoms with Crippen molar-refractivity contribution in [3.05, 3.63) is 30.1 Å². The SMILES string of the molecule is CCCCCC(N)CSc1cccc(F)c1. The molecule has 0 fully saturated rings. The molecule has 16 heavy (non-hydrogen) atoms. The number of nitrogens with two attached hydrogens (primary N) is 1. The van der Waals surface area contributed by atoms with Crippen LogP contribution >= 0.6 is 11.8 Å². The van der Waals surface area contributed by atoms with E-state index in [0.717, 1.165) is 17.1 Å². The van der Waals surface area contributed by atoms with Gasteiger partial charge in [-0.3, -0.25) is 0 Å². The second kappa shape index (κ2) is 7.69. The zero-order valence-corrected chi connectivity index (χ0v) is 10.6. The lowest BCUT2D eigenvalue weighted by Gasteiger charge is -2.10. The highest BCUT2D eigenvalue weighted by molar-refractivity contribution is 7.99. The van der Waals surface area contributed by atoms with Crippen molar-refractivity contribution in [3.63, 3.8) is 0 Å². The Morgan fingerprint density at radius 1 is 1.38 bits per heavy atom. The van der Waals surface area contributed by atoms with Gasteiger partial charge < -0.3 is 5.73 Å². The van der Waals surface area contributed by atoms with Gasteiger partial charge in [-0.1, -0.05) is 32.3 Å². The Labute approximate surface area is 102 Å². The van der Waals surface area contributed by atoms with E-state index in [1.807, 2.05) is 6.07 Å². The molecule has 0 aliphatic rings. The van der Waals surface area contributed by atoms with Gasteiger partial charge in [-0.2, -0.15) is 0 Å². The summed E-state index contributed by atoms with van der Waals surface area (Å²) in [4.78, 5) is 0.964. The van der Waals surface area contributed by atoms with E-state index in [0.29, 0.717) is 0 Å². The molecule has 1 aromatic rings. The van der Waals surface area contributed by atoms with Crippen molar-refractivity contribution in [2.45, 2.75) is 43.5 Å². The summed E-state index contributed by atoms with van der Waals surface area (Å²) in [5.74, 6) is 0.692. The van der Waals surface area contributed by atoms with Gasteiger partial charge in [-0.05, 0) is 24.6 Å². The standard InChI is InChI=1S/C13H20FNS/c1-2-3-4-7-12(15)10-16-13-8-5-6-11(14)9-13/h5-6,8-9,12H,2-4,7,10,15H2,1H3. The van der Waals surface area contributed by atoms with Gasteiger partial charge in [0.15, 0.2) is 0 Å². The van der Waals surface area contributed by atoms with Gasteiger partial charge in [-0.15, -0.1) is 11.8 Å². The molecule has 90 valence electrons. The van der Waals surface area contributed by atoms with E-state index in [1.54, 1.807) is 23.9 Å². The zero-order chi connectivity index (χ0) is 11.8. The van der Waals surface area contributed by atoms with Crippen molar-refractivity contribution in [2.24, 2.45) is 5.73 Å². The van der Waals surface area contributed by atoms with Crippen molar-refractivity contribution in [1.82, 2.24) is 0 Å². The number of hydrogen-bond acceptors (Lipinski definition) is 2. The fraction of sp³-hybridized carbons (Fsp3) is 0.538. The lowest BCUT2D eigenvalue weighted by molar-refractivity contribution is 0.597. The van der Waals surface area contributed by atoms with Gasteiger partial charge in [-0.25, -0.2) is 4.39 Å². The summed E-state index contributed by atoms with van der Waals surface area (Å²) in [5, 5.41) is 0. The van der Waals surface area contributed by atoms with Crippen LogP contribution in [0, 0.1) is 5.82 Å². The molecule has 1 atom stereocenters. The van der Waals surface area contributed by atoms with Gasteiger partial charge in [0.05, 0.1) is 0 Å². The maximum Gasteiger partial charge on any atom is 0.124 e. The molecule has 0 heterocycles. The third kappa shape index (κ3) is 5.52. The first-order valence-electron chi connectivity index (χ1n) is 5.86. The number of unbranched alkanes of at least 4 members (excludes halogenated alkanes) is 2. The molecule has 0 saturated heterocycles. The molecule has 1 unspecified atom stereocenters. The molecule has 0 aromatic heterocycles. The lowest BCUT2D eigenvalue weighted by Crippen LogP contribution is -2.22. The number of thioether (sulfide) groups is 1. The summed E-state index contributed by atoms with van der Waals surface area (Å²) in [7, 11) is 0. The highest BCUT2D eigenvalue weighted by atomic mass is 32.2. The van der Waals surface area contributed by atoms with Crippen LogP contribution in [0.25, 0.3) is 0 Å². The zero-order valence-electron chi connectivity index (χ0n) is 9.79. The average Bonchev–Trinajstić information content (AvgIpc) is 2.27. The van der Waals surface area contributed by atoms with Crippen LogP contribution in [0.1, 0.15) is 32.6 Å². The Kier molecular flexibility index (Phi) is 6.50. The highest BCUT2D eigenvalue weighted by Crippen LogP contribution is 2.20. The van der Waals surface area contributed by atoms with E-state index in [9.17, 15) is 4.39 Å². The largest absolute Gasteiger partial charge is 0.327 e. The Hall–Kier alpha value is -0.540. The topological polar surface area (TPSA) is 26.0 Å². The minimum Gasteiger partial charge on any atom is -0.327 e. The fourth-order valence-corrected chi connectivity index (χ4v) is 2.44. The molecule has 1 rings (SSSR count). The third-order valence-electron chi connectivity index (χ3n) is 2.44. The third-order valence-corrected chi connectivity index (χ3v) is 3.62. The first-order chi connectivity index (χ1) is 7.72. The number of benzene rings is 1. The molecule has 0 radical (unpaired) electrons. The molecule has 0 aliphatic heterocycles. The molecule has 3 heteroatoms. The van der Waals surface area contributed by atoms with E-state index in [1.165, 1.54) is 25.3 Å². The maximum absolute atomic E-state index is 12.9. The van der Waals surface area contributed by atoms with Crippen LogP contribution in [-0.2, 0) is 0 Å².